The molecular formula is C18H27IN4O2. The summed E-state index contributed by atoms with van der Waals surface area (Å²) in [6, 6.07) is 7.91. The first kappa shape index (κ1) is 20.0. The molecule has 1 aromatic carbocycles. The van der Waals surface area contributed by atoms with E-state index in [2.05, 4.69) is 27.9 Å². The second kappa shape index (κ2) is 9.38. The number of amides is 1. The number of nitrogens with one attached hydrogen (secondary N) is 3. The highest BCUT2D eigenvalue weighted by Crippen LogP contribution is 2.34. The lowest BCUT2D eigenvalue weighted by atomic mass is 9.96. The van der Waals surface area contributed by atoms with Crippen LogP contribution in [0.3, 0.4) is 0 Å². The summed E-state index contributed by atoms with van der Waals surface area (Å²) in [7, 11) is 1.64. The Morgan fingerprint density at radius 3 is 2.84 bits per heavy atom. The van der Waals surface area contributed by atoms with Crippen molar-refractivity contribution in [2.24, 2.45) is 4.99 Å². The summed E-state index contributed by atoms with van der Waals surface area (Å²) in [6.45, 7) is 3.40. The lowest BCUT2D eigenvalue weighted by Crippen LogP contribution is -2.47. The zero-order valence-electron chi connectivity index (χ0n) is 14.7. The Balaban J connectivity index is 0.00000225. The maximum atomic E-state index is 11.7. The summed E-state index contributed by atoms with van der Waals surface area (Å²) in [5, 5.41) is 9.44. The van der Waals surface area contributed by atoms with Crippen LogP contribution in [-0.4, -0.2) is 43.7 Å². The minimum Gasteiger partial charge on any atom is -0.373 e. The van der Waals surface area contributed by atoms with Crippen molar-refractivity contribution in [3.05, 3.63) is 35.4 Å². The van der Waals surface area contributed by atoms with Gasteiger partial charge in [0.1, 0.15) is 0 Å². The number of guanidine groups is 1. The van der Waals surface area contributed by atoms with Crippen molar-refractivity contribution >= 4 is 35.8 Å². The second-order valence-electron chi connectivity index (χ2n) is 6.34. The van der Waals surface area contributed by atoms with Crippen molar-refractivity contribution in [1.82, 2.24) is 16.0 Å². The number of carbonyl (C=O) groups is 1. The van der Waals surface area contributed by atoms with Crippen LogP contribution >= 0.6 is 24.0 Å². The highest BCUT2D eigenvalue weighted by molar-refractivity contribution is 14.0. The lowest BCUT2D eigenvalue weighted by Gasteiger charge is -2.22. The van der Waals surface area contributed by atoms with Gasteiger partial charge in [-0.15, -0.1) is 24.0 Å². The van der Waals surface area contributed by atoms with Gasteiger partial charge >= 0.3 is 0 Å². The molecule has 0 aromatic heterocycles. The molecule has 25 heavy (non-hydrogen) atoms. The van der Waals surface area contributed by atoms with Gasteiger partial charge in [0.15, 0.2) is 5.96 Å². The van der Waals surface area contributed by atoms with Crippen LogP contribution < -0.4 is 16.0 Å². The van der Waals surface area contributed by atoms with Crippen molar-refractivity contribution in [1.29, 1.82) is 0 Å². The van der Waals surface area contributed by atoms with Crippen molar-refractivity contribution < 1.29 is 9.53 Å². The van der Waals surface area contributed by atoms with E-state index in [1.54, 1.807) is 7.05 Å². The molecule has 3 N–H and O–H groups in total. The fourth-order valence-corrected chi connectivity index (χ4v) is 3.41. The van der Waals surface area contributed by atoms with Crippen molar-refractivity contribution in [3.8, 4) is 0 Å². The van der Waals surface area contributed by atoms with E-state index in [1.807, 2.05) is 24.3 Å². The van der Waals surface area contributed by atoms with E-state index in [0.717, 1.165) is 30.9 Å². The van der Waals surface area contributed by atoms with Crippen LogP contribution in [0.4, 0.5) is 0 Å². The van der Waals surface area contributed by atoms with E-state index >= 15 is 0 Å². The van der Waals surface area contributed by atoms with Gasteiger partial charge in [0.05, 0.1) is 24.8 Å². The fourth-order valence-electron chi connectivity index (χ4n) is 3.41. The van der Waals surface area contributed by atoms with Crippen molar-refractivity contribution in [3.63, 3.8) is 0 Å². The van der Waals surface area contributed by atoms with Gasteiger partial charge in [-0.2, -0.15) is 0 Å². The molecule has 1 amide bonds. The van der Waals surface area contributed by atoms with Gasteiger partial charge in [-0.3, -0.25) is 4.79 Å². The molecule has 3 rings (SSSR count). The van der Waals surface area contributed by atoms with E-state index in [0.29, 0.717) is 30.4 Å². The molecule has 2 bridgehead atoms. The molecule has 3 unspecified atom stereocenters. The molecule has 1 aromatic rings. The normalized spacial score (nSPS) is 24.6. The van der Waals surface area contributed by atoms with E-state index in [-0.39, 0.29) is 29.9 Å². The zero-order chi connectivity index (χ0) is 16.9. The van der Waals surface area contributed by atoms with Crippen LogP contribution in [0.15, 0.2) is 29.3 Å². The van der Waals surface area contributed by atoms with E-state index in [9.17, 15) is 4.79 Å². The molecule has 0 radical (unpaired) electrons. The number of carbonyl (C=O) groups excluding carboxylic acids is 1. The van der Waals surface area contributed by atoms with Gasteiger partial charge in [-0.1, -0.05) is 12.1 Å². The van der Waals surface area contributed by atoms with Crippen LogP contribution in [0.2, 0.25) is 0 Å². The number of hydrogen-bond donors (Lipinski definition) is 3. The molecule has 2 saturated heterocycles. The maximum absolute atomic E-state index is 11.7. The number of rotatable bonds is 5. The number of hydrogen-bond acceptors (Lipinski definition) is 3. The first-order valence-electron chi connectivity index (χ1n) is 8.71. The van der Waals surface area contributed by atoms with Crippen LogP contribution in [0, 0.1) is 0 Å². The predicted molar refractivity (Wildman–Crippen MR) is 109 cm³/mol. The predicted octanol–water partition coefficient (Wildman–Crippen LogP) is 2.04. The molecule has 2 aliphatic rings. The van der Waals surface area contributed by atoms with E-state index in [1.165, 1.54) is 6.42 Å². The van der Waals surface area contributed by atoms with Crippen LogP contribution in [0.5, 0.6) is 0 Å². The highest BCUT2D eigenvalue weighted by atomic mass is 127. The summed E-state index contributed by atoms with van der Waals surface area (Å²) >= 11 is 0. The minimum absolute atomic E-state index is 0. The monoisotopic (exact) mass is 458 g/mol. The van der Waals surface area contributed by atoms with Crippen LogP contribution in [0.1, 0.15) is 42.1 Å². The molecular weight excluding hydrogens is 431 g/mol. The smallest absolute Gasteiger partial charge is 0.251 e. The van der Waals surface area contributed by atoms with Gasteiger partial charge in [0, 0.05) is 19.2 Å². The third kappa shape index (κ3) is 5.07. The van der Waals surface area contributed by atoms with E-state index in [4.69, 9.17) is 4.74 Å². The molecule has 6 nitrogen and oxygen atoms in total. The number of halogens is 1. The Kier molecular flexibility index (Phi) is 7.49. The van der Waals surface area contributed by atoms with Gasteiger partial charge in [-0.05, 0) is 43.9 Å². The third-order valence-electron chi connectivity index (χ3n) is 4.61. The molecule has 2 aliphatic heterocycles. The molecule has 0 aliphatic carbocycles. The largest absolute Gasteiger partial charge is 0.373 e. The Hall–Kier alpha value is -1.35. The number of aliphatic imine (C=N–C) groups is 1. The molecule has 0 saturated carbocycles. The minimum atomic E-state index is -0.0787. The zero-order valence-corrected chi connectivity index (χ0v) is 17.1. The molecule has 0 spiro atoms. The topological polar surface area (TPSA) is 74.8 Å². The third-order valence-corrected chi connectivity index (χ3v) is 4.61. The highest BCUT2D eigenvalue weighted by Gasteiger charge is 2.41. The SMILES string of the molecule is CCNC(=NCc1cccc(C(=O)NC)c1)NC1CC2CCC1O2.I. The second-order valence-corrected chi connectivity index (χ2v) is 6.34. The van der Waals surface area contributed by atoms with Crippen molar-refractivity contribution in [2.45, 2.75) is 51.0 Å². The van der Waals surface area contributed by atoms with Gasteiger partial charge in [0.25, 0.3) is 5.91 Å². The molecule has 138 valence electrons. The molecule has 2 heterocycles. The summed E-state index contributed by atoms with van der Waals surface area (Å²) in [5.41, 5.74) is 1.67. The number of benzene rings is 1. The Morgan fingerprint density at radius 2 is 2.20 bits per heavy atom. The maximum Gasteiger partial charge on any atom is 0.251 e. The average Bonchev–Trinajstić information content (AvgIpc) is 3.22. The Bertz CT molecular complexity index is 623. The number of nitrogens with zero attached hydrogens (tertiary/aromatic N) is 1. The number of fused-ring (bicyclic) bond motifs is 2. The van der Waals surface area contributed by atoms with Gasteiger partial charge in [0.2, 0.25) is 0 Å². The Morgan fingerprint density at radius 1 is 1.36 bits per heavy atom. The number of ether oxygens (including phenoxy) is 1. The van der Waals surface area contributed by atoms with Crippen LogP contribution in [-0.2, 0) is 11.3 Å². The molecule has 7 heteroatoms. The van der Waals surface area contributed by atoms with Crippen LogP contribution in [0.25, 0.3) is 0 Å². The summed E-state index contributed by atoms with van der Waals surface area (Å²) in [6.07, 6.45) is 4.11. The summed E-state index contributed by atoms with van der Waals surface area (Å²) < 4.78 is 5.89. The van der Waals surface area contributed by atoms with Gasteiger partial charge in [-0.25, -0.2) is 4.99 Å². The lowest BCUT2D eigenvalue weighted by molar-refractivity contribution is 0.0962. The van der Waals surface area contributed by atoms with Gasteiger partial charge < -0.3 is 20.7 Å². The summed E-state index contributed by atoms with van der Waals surface area (Å²) in [5.74, 6) is 0.731. The quantitative estimate of drug-likeness (QED) is 0.359. The van der Waals surface area contributed by atoms with Crippen molar-refractivity contribution in [2.75, 3.05) is 13.6 Å². The first-order valence-corrected chi connectivity index (χ1v) is 8.71. The molecule has 2 fully saturated rings. The average molecular weight is 458 g/mol. The summed E-state index contributed by atoms with van der Waals surface area (Å²) in [4.78, 5) is 16.4. The fraction of sp³-hybridized carbons (Fsp3) is 0.556. The standard InChI is InChI=1S/C18H26N4O2.HI/c1-3-20-18(22-15-10-14-7-8-16(15)24-14)21-11-12-5-4-6-13(9-12)17(23)19-2;/h4-6,9,14-16H,3,7-8,10-11H2,1-2H3,(H,19,23)(H2,20,21,22);1H. The molecule has 3 atom stereocenters. The Labute approximate surface area is 166 Å². The van der Waals surface area contributed by atoms with E-state index < -0.39 is 0 Å². The first-order chi connectivity index (χ1) is 11.7.